The van der Waals surface area contributed by atoms with Crippen LogP contribution in [0.2, 0.25) is 0 Å². The van der Waals surface area contributed by atoms with E-state index in [-0.39, 0.29) is 17.5 Å². The third-order valence-corrected chi connectivity index (χ3v) is 3.55. The molecule has 0 fully saturated rings. The fourth-order valence-corrected chi connectivity index (χ4v) is 2.54. The molecule has 1 heterocycles. The molecule has 90 valence electrons. The van der Waals surface area contributed by atoms with E-state index in [9.17, 15) is 5.26 Å². The molecule has 0 N–H and O–H groups in total. The van der Waals surface area contributed by atoms with Gasteiger partial charge in [-0.15, -0.1) is 0 Å². The summed E-state index contributed by atoms with van der Waals surface area (Å²) in [6, 6.07) is 3.07. The number of nitrogens with zero attached hydrogens (tertiary/aromatic N) is 3. The molecular weight excluding hydrogens is 198 g/mol. The zero-order valence-electron chi connectivity index (χ0n) is 10.7. The molecule has 0 saturated carbocycles. The second-order valence-corrected chi connectivity index (χ2v) is 4.91. The van der Waals surface area contributed by atoms with Gasteiger partial charge in [-0.25, -0.2) is 0 Å². The van der Waals surface area contributed by atoms with Crippen molar-refractivity contribution in [1.29, 1.82) is 5.26 Å². The Morgan fingerprint density at radius 2 is 1.62 bits per heavy atom. The zero-order chi connectivity index (χ0) is 12.0. The summed E-state index contributed by atoms with van der Waals surface area (Å²) >= 11 is 0. The largest absolute Gasteiger partial charge is 0.198 e. The first-order chi connectivity index (χ1) is 7.69. The summed E-state index contributed by atoms with van der Waals surface area (Å²) in [7, 11) is 0. The molecule has 2 unspecified atom stereocenters. The van der Waals surface area contributed by atoms with Crippen molar-refractivity contribution in [3.05, 3.63) is 0 Å². The molecule has 16 heavy (non-hydrogen) atoms. The molecule has 0 saturated heterocycles. The lowest BCUT2D eigenvalue weighted by atomic mass is 9.74. The van der Waals surface area contributed by atoms with Gasteiger partial charge < -0.3 is 0 Å². The lowest BCUT2D eigenvalue weighted by molar-refractivity contribution is 0.275. The standard InChI is InChI=1S/C13H23N3/c1-4-7-13(10-14)8-11(5-2)15-16-12(6-3)9-13/h11-12H,4-9H2,1-3H3. The van der Waals surface area contributed by atoms with Gasteiger partial charge >= 0.3 is 0 Å². The van der Waals surface area contributed by atoms with Crippen LogP contribution in [0.4, 0.5) is 0 Å². The summed E-state index contributed by atoms with van der Waals surface area (Å²) in [4.78, 5) is 0. The maximum Gasteiger partial charge on any atom is 0.0721 e. The second kappa shape index (κ2) is 5.98. The lowest BCUT2D eigenvalue weighted by Crippen LogP contribution is -2.26. The summed E-state index contributed by atoms with van der Waals surface area (Å²) in [5, 5.41) is 18.3. The van der Waals surface area contributed by atoms with Crippen LogP contribution in [0.3, 0.4) is 0 Å². The van der Waals surface area contributed by atoms with Gasteiger partial charge in [0.25, 0.3) is 0 Å². The van der Waals surface area contributed by atoms with Crippen molar-refractivity contribution in [3.63, 3.8) is 0 Å². The van der Waals surface area contributed by atoms with Crippen molar-refractivity contribution < 1.29 is 0 Å². The van der Waals surface area contributed by atoms with E-state index in [1.54, 1.807) is 0 Å². The van der Waals surface area contributed by atoms with Crippen LogP contribution in [0.25, 0.3) is 0 Å². The molecule has 1 aliphatic heterocycles. The average molecular weight is 221 g/mol. The first-order valence-electron chi connectivity index (χ1n) is 6.50. The van der Waals surface area contributed by atoms with Gasteiger partial charge in [-0.05, 0) is 32.1 Å². The molecule has 0 aromatic heterocycles. The van der Waals surface area contributed by atoms with Crippen LogP contribution in [-0.2, 0) is 0 Å². The van der Waals surface area contributed by atoms with Crippen LogP contribution in [0.5, 0.6) is 0 Å². The minimum absolute atomic E-state index is 0.181. The first-order valence-corrected chi connectivity index (χ1v) is 6.50. The molecule has 0 aromatic carbocycles. The van der Waals surface area contributed by atoms with Crippen LogP contribution >= 0.6 is 0 Å². The van der Waals surface area contributed by atoms with Crippen molar-refractivity contribution in [2.24, 2.45) is 15.6 Å². The molecule has 1 aliphatic rings. The third-order valence-electron chi connectivity index (χ3n) is 3.55. The molecule has 0 amide bonds. The van der Waals surface area contributed by atoms with Crippen LogP contribution in [0.1, 0.15) is 59.3 Å². The van der Waals surface area contributed by atoms with E-state index in [0.29, 0.717) is 0 Å². The SMILES string of the molecule is CCCC1(C#N)CC(CC)N=NC(CC)C1. The summed E-state index contributed by atoms with van der Waals surface area (Å²) in [6.45, 7) is 6.41. The summed E-state index contributed by atoms with van der Waals surface area (Å²) in [6.07, 6.45) is 5.84. The van der Waals surface area contributed by atoms with E-state index < -0.39 is 0 Å². The third kappa shape index (κ3) is 3.04. The van der Waals surface area contributed by atoms with Crippen molar-refractivity contribution >= 4 is 0 Å². The highest BCUT2D eigenvalue weighted by Gasteiger charge is 2.36. The fraction of sp³-hybridized carbons (Fsp3) is 0.923. The minimum atomic E-state index is -0.181. The molecular formula is C13H23N3. The maximum atomic E-state index is 9.49. The Morgan fingerprint density at radius 3 is 1.94 bits per heavy atom. The lowest BCUT2D eigenvalue weighted by Gasteiger charge is -2.27. The molecule has 0 aliphatic carbocycles. The quantitative estimate of drug-likeness (QED) is 0.705. The highest BCUT2D eigenvalue weighted by atomic mass is 15.1. The molecule has 1 rings (SSSR count). The van der Waals surface area contributed by atoms with E-state index in [4.69, 9.17) is 0 Å². The number of nitriles is 1. The van der Waals surface area contributed by atoms with Crippen molar-refractivity contribution in [2.45, 2.75) is 71.4 Å². The van der Waals surface area contributed by atoms with E-state index in [2.05, 4.69) is 37.1 Å². The van der Waals surface area contributed by atoms with E-state index >= 15 is 0 Å². The Morgan fingerprint density at radius 1 is 1.12 bits per heavy atom. The monoisotopic (exact) mass is 221 g/mol. The summed E-state index contributed by atoms with van der Waals surface area (Å²) in [5.74, 6) is 0. The number of hydrogen-bond donors (Lipinski definition) is 0. The fourth-order valence-electron chi connectivity index (χ4n) is 2.54. The van der Waals surface area contributed by atoms with Gasteiger partial charge in [-0.2, -0.15) is 15.5 Å². The van der Waals surface area contributed by atoms with Gasteiger partial charge in [0.2, 0.25) is 0 Å². The molecule has 0 radical (unpaired) electrons. The predicted octanol–water partition coefficient (Wildman–Crippen LogP) is 4.10. The maximum absolute atomic E-state index is 9.49. The average Bonchev–Trinajstić information content (AvgIpc) is 2.49. The van der Waals surface area contributed by atoms with E-state index in [0.717, 1.165) is 38.5 Å². The van der Waals surface area contributed by atoms with Gasteiger partial charge in [0.1, 0.15) is 0 Å². The van der Waals surface area contributed by atoms with Gasteiger partial charge in [-0.1, -0.05) is 27.2 Å². The van der Waals surface area contributed by atoms with Crippen LogP contribution in [-0.4, -0.2) is 12.1 Å². The number of rotatable bonds is 4. The Kier molecular flexibility index (Phi) is 4.92. The number of azo groups is 1. The van der Waals surface area contributed by atoms with Gasteiger partial charge in [-0.3, -0.25) is 0 Å². The van der Waals surface area contributed by atoms with Crippen molar-refractivity contribution in [3.8, 4) is 6.07 Å². The topological polar surface area (TPSA) is 48.5 Å². The highest BCUT2D eigenvalue weighted by molar-refractivity contribution is 5.03. The van der Waals surface area contributed by atoms with Gasteiger partial charge in [0.05, 0.1) is 23.6 Å². The molecule has 0 aromatic rings. The Hall–Kier alpha value is -0.910. The minimum Gasteiger partial charge on any atom is -0.198 e. The highest BCUT2D eigenvalue weighted by Crippen LogP contribution is 2.39. The molecule has 3 nitrogen and oxygen atoms in total. The van der Waals surface area contributed by atoms with Crippen LogP contribution < -0.4 is 0 Å². The van der Waals surface area contributed by atoms with Crippen molar-refractivity contribution in [2.75, 3.05) is 0 Å². The van der Waals surface area contributed by atoms with Crippen LogP contribution in [0.15, 0.2) is 10.2 Å². The van der Waals surface area contributed by atoms with Crippen molar-refractivity contribution in [1.82, 2.24) is 0 Å². The Labute approximate surface area is 99.0 Å². The first kappa shape index (κ1) is 13.2. The second-order valence-electron chi connectivity index (χ2n) is 4.91. The van der Waals surface area contributed by atoms with Crippen LogP contribution in [0, 0.1) is 16.7 Å². The Balaban J connectivity index is 2.87. The molecule has 0 spiro atoms. The molecule has 2 atom stereocenters. The normalized spacial score (nSPS) is 34.4. The summed E-state index contributed by atoms with van der Waals surface area (Å²) in [5.41, 5.74) is -0.181. The smallest absolute Gasteiger partial charge is 0.0721 e. The molecule has 3 heteroatoms. The number of hydrogen-bond acceptors (Lipinski definition) is 3. The van der Waals surface area contributed by atoms with Gasteiger partial charge in [0, 0.05) is 0 Å². The summed E-state index contributed by atoms with van der Waals surface area (Å²) < 4.78 is 0. The van der Waals surface area contributed by atoms with E-state index in [1.165, 1.54) is 0 Å². The molecule has 0 bridgehead atoms. The predicted molar refractivity (Wildman–Crippen MR) is 65.2 cm³/mol. The van der Waals surface area contributed by atoms with Gasteiger partial charge in [0.15, 0.2) is 0 Å². The van der Waals surface area contributed by atoms with E-state index in [1.807, 2.05) is 0 Å². The Bertz CT molecular complexity index is 261. The zero-order valence-corrected chi connectivity index (χ0v) is 10.7.